The Morgan fingerprint density at radius 2 is 0.768 bits per heavy atom. The molecular weight excluding hydrogens is 685 g/mol. The highest BCUT2D eigenvalue weighted by Gasteiger charge is 2.19. The van der Waals surface area contributed by atoms with Crippen LogP contribution in [-0.2, 0) is 0 Å². The Balaban J connectivity index is 1.08. The average molecular weight is 717 g/mol. The molecule has 5 nitrogen and oxygen atoms in total. The largest absolute Gasteiger partial charge is 0.454 e. The molecule has 3 aromatic heterocycles. The SMILES string of the molecule is c1ccc(-c2cccc(-c3nc(-c4cccc(-c5ccccc5)c4)nc(-c4ccc5c(c4)oc4c(-n6c7ccccc7c7ccccc76)cccc45)n3)c2)cc1. The molecule has 0 saturated heterocycles. The van der Waals surface area contributed by atoms with E-state index in [1.807, 2.05) is 12.1 Å². The van der Waals surface area contributed by atoms with E-state index >= 15 is 0 Å². The molecule has 3 heterocycles. The zero-order valence-electron chi connectivity index (χ0n) is 30.2. The molecule has 11 rings (SSSR count). The summed E-state index contributed by atoms with van der Waals surface area (Å²) in [6, 6.07) is 67.3. The molecule has 0 atom stereocenters. The van der Waals surface area contributed by atoms with E-state index in [1.54, 1.807) is 0 Å². The molecule has 0 bridgehead atoms. The lowest BCUT2D eigenvalue weighted by atomic mass is 10.0. The molecule has 262 valence electrons. The van der Waals surface area contributed by atoms with Crippen LogP contribution in [0.5, 0.6) is 0 Å². The van der Waals surface area contributed by atoms with E-state index in [1.165, 1.54) is 10.8 Å². The second-order valence-electron chi connectivity index (χ2n) is 14.0. The maximum absolute atomic E-state index is 6.83. The Morgan fingerprint density at radius 1 is 0.321 bits per heavy atom. The van der Waals surface area contributed by atoms with E-state index in [2.05, 4.69) is 187 Å². The second kappa shape index (κ2) is 13.0. The monoisotopic (exact) mass is 716 g/mol. The Bertz CT molecular complexity index is 3100. The number of aromatic nitrogens is 4. The van der Waals surface area contributed by atoms with Gasteiger partial charge in [0.05, 0.1) is 16.7 Å². The zero-order chi connectivity index (χ0) is 37.0. The molecule has 0 amide bonds. The van der Waals surface area contributed by atoms with Crippen LogP contribution in [0.25, 0.3) is 106 Å². The van der Waals surface area contributed by atoms with Gasteiger partial charge < -0.3 is 8.98 Å². The van der Waals surface area contributed by atoms with Gasteiger partial charge in [-0.15, -0.1) is 0 Å². The Kier molecular flexibility index (Phi) is 7.42. The van der Waals surface area contributed by atoms with Crippen LogP contribution in [0.2, 0.25) is 0 Å². The van der Waals surface area contributed by atoms with Gasteiger partial charge in [-0.05, 0) is 64.7 Å². The van der Waals surface area contributed by atoms with Gasteiger partial charge in [-0.1, -0.05) is 152 Å². The van der Waals surface area contributed by atoms with Crippen molar-refractivity contribution in [1.82, 2.24) is 19.5 Å². The number of rotatable bonds is 6. The first kappa shape index (κ1) is 31.9. The molecule has 0 spiro atoms. The lowest BCUT2D eigenvalue weighted by Gasteiger charge is -2.10. The van der Waals surface area contributed by atoms with E-state index < -0.39 is 0 Å². The third-order valence-corrected chi connectivity index (χ3v) is 10.6. The van der Waals surface area contributed by atoms with Crippen LogP contribution in [0.3, 0.4) is 0 Å². The van der Waals surface area contributed by atoms with Gasteiger partial charge in [-0.2, -0.15) is 0 Å². The number of para-hydroxylation sites is 3. The Hall–Kier alpha value is -7.63. The first-order valence-electron chi connectivity index (χ1n) is 18.8. The van der Waals surface area contributed by atoms with E-state index in [4.69, 9.17) is 19.4 Å². The highest BCUT2D eigenvalue weighted by Crippen LogP contribution is 2.39. The maximum atomic E-state index is 6.83. The topological polar surface area (TPSA) is 56.7 Å². The van der Waals surface area contributed by atoms with Gasteiger partial charge in [0, 0.05) is 38.2 Å². The zero-order valence-corrected chi connectivity index (χ0v) is 30.2. The van der Waals surface area contributed by atoms with Crippen LogP contribution in [0.1, 0.15) is 0 Å². The summed E-state index contributed by atoms with van der Waals surface area (Å²) in [4.78, 5) is 15.4. The minimum Gasteiger partial charge on any atom is -0.454 e. The Morgan fingerprint density at radius 3 is 1.34 bits per heavy atom. The van der Waals surface area contributed by atoms with E-state index in [-0.39, 0.29) is 0 Å². The van der Waals surface area contributed by atoms with Crippen LogP contribution in [-0.4, -0.2) is 19.5 Å². The highest BCUT2D eigenvalue weighted by atomic mass is 16.3. The van der Waals surface area contributed by atoms with Crippen molar-refractivity contribution >= 4 is 43.7 Å². The highest BCUT2D eigenvalue weighted by molar-refractivity contribution is 6.13. The molecule has 0 aliphatic heterocycles. The second-order valence-corrected chi connectivity index (χ2v) is 14.0. The van der Waals surface area contributed by atoms with E-state index in [0.717, 1.165) is 77.6 Å². The number of benzene rings is 8. The molecule has 0 saturated carbocycles. The van der Waals surface area contributed by atoms with Gasteiger partial charge in [0.2, 0.25) is 0 Å². The van der Waals surface area contributed by atoms with Gasteiger partial charge in [0.15, 0.2) is 23.1 Å². The number of fused-ring (bicyclic) bond motifs is 6. The smallest absolute Gasteiger partial charge is 0.164 e. The molecule has 8 aromatic carbocycles. The summed E-state index contributed by atoms with van der Waals surface area (Å²) in [6.45, 7) is 0. The van der Waals surface area contributed by atoms with Gasteiger partial charge in [0.1, 0.15) is 5.58 Å². The van der Waals surface area contributed by atoms with Crippen molar-refractivity contribution in [1.29, 1.82) is 0 Å². The molecule has 0 aliphatic rings. The van der Waals surface area contributed by atoms with E-state index in [0.29, 0.717) is 17.5 Å². The number of nitrogens with zero attached hydrogens (tertiary/aromatic N) is 4. The van der Waals surface area contributed by atoms with Gasteiger partial charge in [-0.3, -0.25) is 0 Å². The molecule has 0 fully saturated rings. The van der Waals surface area contributed by atoms with Crippen molar-refractivity contribution in [3.05, 3.63) is 194 Å². The van der Waals surface area contributed by atoms with Gasteiger partial charge in [-0.25, -0.2) is 15.0 Å². The molecule has 0 unspecified atom stereocenters. The van der Waals surface area contributed by atoms with Crippen molar-refractivity contribution in [3.63, 3.8) is 0 Å². The Labute approximate surface area is 322 Å². The lowest BCUT2D eigenvalue weighted by molar-refractivity contribution is 0.666. The summed E-state index contributed by atoms with van der Waals surface area (Å²) in [6.07, 6.45) is 0. The van der Waals surface area contributed by atoms with Gasteiger partial charge in [0.25, 0.3) is 0 Å². The van der Waals surface area contributed by atoms with Gasteiger partial charge >= 0.3 is 0 Å². The minimum atomic E-state index is 0.574. The standard InChI is InChI=1S/C51H32N4O/c1-3-14-33(15-4-1)35-18-11-20-37(30-35)49-52-50(38-21-12-19-36(31-38)34-16-5-2-6-17-34)54-51(53-49)39-28-29-42-43-24-13-27-46(48(43)56-47(42)32-39)55-44-25-9-7-22-40(44)41-23-8-10-26-45(41)55/h1-32H. The quantitative estimate of drug-likeness (QED) is 0.172. The maximum Gasteiger partial charge on any atom is 0.164 e. The number of hydrogen-bond acceptors (Lipinski definition) is 4. The molecule has 5 heteroatoms. The van der Waals surface area contributed by atoms with Crippen LogP contribution in [0.15, 0.2) is 199 Å². The summed E-state index contributed by atoms with van der Waals surface area (Å²) in [5.41, 5.74) is 12.0. The minimum absolute atomic E-state index is 0.574. The molecule has 0 aliphatic carbocycles. The summed E-state index contributed by atoms with van der Waals surface area (Å²) in [5.74, 6) is 1.78. The van der Waals surface area contributed by atoms with Crippen LogP contribution in [0, 0.1) is 0 Å². The van der Waals surface area contributed by atoms with Crippen LogP contribution < -0.4 is 0 Å². The molecule has 0 N–H and O–H groups in total. The molecule has 0 radical (unpaired) electrons. The average Bonchev–Trinajstić information content (AvgIpc) is 3.82. The van der Waals surface area contributed by atoms with Crippen molar-refractivity contribution in [3.8, 4) is 62.1 Å². The number of hydrogen-bond donors (Lipinski definition) is 0. The molecular formula is C51H32N4O. The van der Waals surface area contributed by atoms with Crippen molar-refractivity contribution in [2.45, 2.75) is 0 Å². The summed E-state index contributed by atoms with van der Waals surface area (Å²) in [5, 5.41) is 4.51. The summed E-state index contributed by atoms with van der Waals surface area (Å²) < 4.78 is 9.15. The fraction of sp³-hybridized carbons (Fsp3) is 0. The summed E-state index contributed by atoms with van der Waals surface area (Å²) >= 11 is 0. The van der Waals surface area contributed by atoms with Crippen molar-refractivity contribution in [2.75, 3.05) is 0 Å². The van der Waals surface area contributed by atoms with Crippen LogP contribution in [0.4, 0.5) is 0 Å². The normalized spacial score (nSPS) is 11.6. The van der Waals surface area contributed by atoms with Crippen molar-refractivity contribution in [2.24, 2.45) is 0 Å². The van der Waals surface area contributed by atoms with E-state index in [9.17, 15) is 0 Å². The molecule has 11 aromatic rings. The predicted molar refractivity (Wildman–Crippen MR) is 229 cm³/mol. The molecule has 56 heavy (non-hydrogen) atoms. The fourth-order valence-corrected chi connectivity index (χ4v) is 7.98. The number of furan rings is 1. The van der Waals surface area contributed by atoms with Crippen molar-refractivity contribution < 1.29 is 4.42 Å². The third kappa shape index (κ3) is 5.37. The first-order chi connectivity index (χ1) is 27.7. The van der Waals surface area contributed by atoms with Crippen LogP contribution >= 0.6 is 0 Å². The first-order valence-corrected chi connectivity index (χ1v) is 18.8. The fourth-order valence-electron chi connectivity index (χ4n) is 7.98. The third-order valence-electron chi connectivity index (χ3n) is 10.6. The summed E-state index contributed by atoms with van der Waals surface area (Å²) in [7, 11) is 0. The predicted octanol–water partition coefficient (Wildman–Crippen LogP) is 13.2. The lowest BCUT2D eigenvalue weighted by Crippen LogP contribution is -2.00.